The number of carbonyl (C=O) groups is 1. The number of halogens is 1. The van der Waals surface area contributed by atoms with E-state index in [1.807, 2.05) is 24.3 Å². The molecule has 6 nitrogen and oxygen atoms in total. The quantitative estimate of drug-likeness (QED) is 0.649. The van der Waals surface area contributed by atoms with Crippen LogP contribution in [0.2, 0.25) is 5.02 Å². The van der Waals surface area contributed by atoms with Gasteiger partial charge in [0, 0.05) is 29.2 Å². The SMILES string of the molecule is CCCCNC(=O)c1cnn2c(O)c(Cc3ccccc3Cl)c(C)nc12. The van der Waals surface area contributed by atoms with Gasteiger partial charge in [-0.15, -0.1) is 0 Å². The minimum atomic E-state index is -0.237. The third-order valence-electron chi connectivity index (χ3n) is 4.31. The first-order chi connectivity index (χ1) is 12.5. The fourth-order valence-corrected chi connectivity index (χ4v) is 3.00. The van der Waals surface area contributed by atoms with Crippen molar-refractivity contribution in [3.63, 3.8) is 0 Å². The van der Waals surface area contributed by atoms with Gasteiger partial charge in [-0.25, -0.2) is 4.98 Å². The van der Waals surface area contributed by atoms with E-state index in [4.69, 9.17) is 11.6 Å². The zero-order chi connectivity index (χ0) is 18.7. The van der Waals surface area contributed by atoms with E-state index in [9.17, 15) is 9.90 Å². The smallest absolute Gasteiger partial charge is 0.256 e. The van der Waals surface area contributed by atoms with Crippen molar-refractivity contribution in [1.29, 1.82) is 0 Å². The van der Waals surface area contributed by atoms with Crippen LogP contribution in [0.25, 0.3) is 5.65 Å². The van der Waals surface area contributed by atoms with Gasteiger partial charge in [-0.05, 0) is 25.0 Å². The number of nitrogens with one attached hydrogen (secondary N) is 1. The number of rotatable bonds is 6. The number of hydrogen-bond donors (Lipinski definition) is 2. The summed E-state index contributed by atoms with van der Waals surface area (Å²) in [5.74, 6) is -0.265. The molecule has 0 saturated carbocycles. The van der Waals surface area contributed by atoms with Crippen LogP contribution in [0.4, 0.5) is 0 Å². The maximum absolute atomic E-state index is 12.3. The summed E-state index contributed by atoms with van der Waals surface area (Å²) in [4.78, 5) is 16.8. The van der Waals surface area contributed by atoms with Gasteiger partial charge in [0.2, 0.25) is 5.88 Å². The third-order valence-corrected chi connectivity index (χ3v) is 4.68. The Morgan fingerprint density at radius 2 is 2.12 bits per heavy atom. The topological polar surface area (TPSA) is 79.5 Å². The maximum atomic E-state index is 12.3. The zero-order valence-corrected chi connectivity index (χ0v) is 15.5. The Morgan fingerprint density at radius 1 is 1.35 bits per heavy atom. The number of aromatic nitrogens is 3. The molecule has 3 rings (SSSR count). The molecule has 1 aromatic carbocycles. The molecule has 2 aromatic heterocycles. The van der Waals surface area contributed by atoms with E-state index in [2.05, 4.69) is 22.3 Å². The lowest BCUT2D eigenvalue weighted by Crippen LogP contribution is -2.24. The highest BCUT2D eigenvalue weighted by Crippen LogP contribution is 2.27. The number of aromatic hydroxyl groups is 1. The number of nitrogens with zero attached hydrogens (tertiary/aromatic N) is 3. The Labute approximate surface area is 156 Å². The highest BCUT2D eigenvalue weighted by molar-refractivity contribution is 6.31. The largest absolute Gasteiger partial charge is 0.493 e. The van der Waals surface area contributed by atoms with Crippen LogP contribution in [0.1, 0.15) is 46.9 Å². The Bertz CT molecular complexity index is 952. The van der Waals surface area contributed by atoms with E-state index in [0.29, 0.717) is 40.5 Å². The van der Waals surface area contributed by atoms with Crippen molar-refractivity contribution in [2.75, 3.05) is 6.54 Å². The normalized spacial score (nSPS) is 11.0. The fraction of sp³-hybridized carbons (Fsp3) is 0.316. The van der Waals surface area contributed by atoms with Gasteiger partial charge in [0.1, 0.15) is 5.56 Å². The third kappa shape index (κ3) is 3.51. The summed E-state index contributed by atoms with van der Waals surface area (Å²) >= 11 is 6.23. The average Bonchev–Trinajstić information content (AvgIpc) is 3.04. The van der Waals surface area contributed by atoms with Crippen molar-refractivity contribution in [3.8, 4) is 5.88 Å². The standard InChI is InChI=1S/C19H21ClN4O2/c1-3-4-9-21-18(25)15-11-22-24-17(15)23-12(2)14(19(24)26)10-13-7-5-6-8-16(13)20/h5-8,11,26H,3-4,9-10H2,1-2H3,(H,21,25). The second-order valence-corrected chi connectivity index (χ2v) is 6.58. The molecule has 26 heavy (non-hydrogen) atoms. The van der Waals surface area contributed by atoms with Crippen LogP contribution in [-0.4, -0.2) is 32.2 Å². The minimum Gasteiger partial charge on any atom is -0.493 e. The van der Waals surface area contributed by atoms with Gasteiger partial charge >= 0.3 is 0 Å². The molecular formula is C19H21ClN4O2. The van der Waals surface area contributed by atoms with Gasteiger partial charge in [0.15, 0.2) is 5.65 Å². The molecule has 2 heterocycles. The molecule has 2 N–H and O–H groups in total. The van der Waals surface area contributed by atoms with Crippen molar-refractivity contribution in [2.24, 2.45) is 0 Å². The minimum absolute atomic E-state index is 0.0278. The number of hydrogen-bond acceptors (Lipinski definition) is 4. The van der Waals surface area contributed by atoms with Gasteiger partial charge in [-0.3, -0.25) is 4.79 Å². The Balaban J connectivity index is 1.96. The molecule has 0 atom stereocenters. The molecule has 0 bridgehead atoms. The number of fused-ring (bicyclic) bond motifs is 1. The van der Waals surface area contributed by atoms with Crippen molar-refractivity contribution < 1.29 is 9.90 Å². The van der Waals surface area contributed by atoms with E-state index in [1.165, 1.54) is 10.7 Å². The molecule has 3 aromatic rings. The maximum Gasteiger partial charge on any atom is 0.256 e. The molecule has 0 radical (unpaired) electrons. The van der Waals surface area contributed by atoms with E-state index in [1.54, 1.807) is 6.92 Å². The summed E-state index contributed by atoms with van der Waals surface area (Å²) in [6.07, 6.45) is 3.77. The van der Waals surface area contributed by atoms with Gasteiger partial charge in [0.25, 0.3) is 5.91 Å². The number of benzene rings is 1. The molecule has 7 heteroatoms. The van der Waals surface area contributed by atoms with E-state index < -0.39 is 0 Å². The molecular weight excluding hydrogens is 352 g/mol. The van der Waals surface area contributed by atoms with Crippen LogP contribution >= 0.6 is 11.6 Å². The predicted molar refractivity (Wildman–Crippen MR) is 101 cm³/mol. The van der Waals surface area contributed by atoms with Crippen molar-refractivity contribution in [3.05, 3.63) is 57.9 Å². The number of amides is 1. The van der Waals surface area contributed by atoms with Crippen molar-refractivity contribution in [1.82, 2.24) is 19.9 Å². The van der Waals surface area contributed by atoms with E-state index in [0.717, 1.165) is 18.4 Å². The molecule has 0 aliphatic carbocycles. The first kappa shape index (κ1) is 18.2. The van der Waals surface area contributed by atoms with Gasteiger partial charge < -0.3 is 10.4 Å². The van der Waals surface area contributed by atoms with Gasteiger partial charge in [-0.1, -0.05) is 43.1 Å². The monoisotopic (exact) mass is 372 g/mol. The lowest BCUT2D eigenvalue weighted by atomic mass is 10.0. The lowest BCUT2D eigenvalue weighted by Gasteiger charge is -2.11. The van der Waals surface area contributed by atoms with Crippen LogP contribution in [0.15, 0.2) is 30.5 Å². The predicted octanol–water partition coefficient (Wildman–Crippen LogP) is 3.52. The molecule has 1 amide bonds. The second kappa shape index (κ2) is 7.74. The summed E-state index contributed by atoms with van der Waals surface area (Å²) in [7, 11) is 0. The van der Waals surface area contributed by atoms with Crippen LogP contribution < -0.4 is 5.32 Å². The highest BCUT2D eigenvalue weighted by Gasteiger charge is 2.20. The van der Waals surface area contributed by atoms with Crippen molar-refractivity contribution in [2.45, 2.75) is 33.1 Å². The van der Waals surface area contributed by atoms with Crippen molar-refractivity contribution >= 4 is 23.2 Å². The molecule has 0 spiro atoms. The summed E-state index contributed by atoms with van der Waals surface area (Å²) in [5, 5.41) is 18.3. The molecule has 136 valence electrons. The second-order valence-electron chi connectivity index (χ2n) is 6.17. The molecule has 0 aliphatic rings. The zero-order valence-electron chi connectivity index (χ0n) is 14.8. The molecule has 0 aliphatic heterocycles. The highest BCUT2D eigenvalue weighted by atomic mass is 35.5. The Morgan fingerprint density at radius 3 is 2.85 bits per heavy atom. The first-order valence-corrected chi connectivity index (χ1v) is 8.98. The number of unbranched alkanes of at least 4 members (excludes halogenated alkanes) is 1. The Hall–Kier alpha value is -2.60. The summed E-state index contributed by atoms with van der Waals surface area (Å²) < 4.78 is 1.30. The van der Waals surface area contributed by atoms with E-state index in [-0.39, 0.29) is 11.8 Å². The van der Waals surface area contributed by atoms with Crippen LogP contribution in [0.3, 0.4) is 0 Å². The van der Waals surface area contributed by atoms with Crippen LogP contribution in [0, 0.1) is 6.92 Å². The first-order valence-electron chi connectivity index (χ1n) is 8.60. The Kier molecular flexibility index (Phi) is 5.42. The summed E-state index contributed by atoms with van der Waals surface area (Å²) in [6, 6.07) is 7.46. The lowest BCUT2D eigenvalue weighted by molar-refractivity contribution is 0.0954. The van der Waals surface area contributed by atoms with Crippen LogP contribution in [-0.2, 0) is 6.42 Å². The molecule has 0 saturated heterocycles. The molecule has 0 unspecified atom stereocenters. The van der Waals surface area contributed by atoms with Gasteiger partial charge in [-0.2, -0.15) is 9.61 Å². The van der Waals surface area contributed by atoms with Crippen LogP contribution in [0.5, 0.6) is 5.88 Å². The van der Waals surface area contributed by atoms with Gasteiger partial charge in [0.05, 0.1) is 6.20 Å². The molecule has 0 fully saturated rings. The van der Waals surface area contributed by atoms with E-state index >= 15 is 0 Å². The number of carbonyl (C=O) groups excluding carboxylic acids is 1. The number of aryl methyl sites for hydroxylation is 1. The fourth-order valence-electron chi connectivity index (χ4n) is 2.79. The average molecular weight is 373 g/mol. The summed E-state index contributed by atoms with van der Waals surface area (Å²) in [6.45, 7) is 4.46. The summed E-state index contributed by atoms with van der Waals surface area (Å²) in [5.41, 5.74) is 2.85.